The van der Waals surface area contributed by atoms with Crippen molar-refractivity contribution in [2.24, 2.45) is 0 Å². The van der Waals surface area contributed by atoms with Crippen molar-refractivity contribution in [1.82, 2.24) is 0 Å². The number of benzene rings is 1. The largest absolute Gasteiger partial charge is 1.00 e. The average Bonchev–Trinajstić information content (AvgIpc) is 2.05. The Morgan fingerprint density at radius 1 is 1.40 bits per heavy atom. The van der Waals surface area contributed by atoms with E-state index in [0.29, 0.717) is 10.0 Å². The molecule has 7 heteroatoms. The number of halogens is 2. The fourth-order valence-electron chi connectivity index (χ4n) is 0.970. The van der Waals surface area contributed by atoms with Crippen molar-refractivity contribution < 1.29 is 46.9 Å². The first-order chi connectivity index (χ1) is 6.38. The molecule has 15 heavy (non-hydrogen) atoms. The fraction of sp³-hybridized carbons (Fsp3) is 0.250. The molecule has 1 aromatic rings. The van der Waals surface area contributed by atoms with Gasteiger partial charge in [-0.2, -0.15) is 0 Å². The fourth-order valence-corrected chi connectivity index (χ4v) is 1.88. The predicted molar refractivity (Wildman–Crippen MR) is 52.4 cm³/mol. The monoisotopic (exact) mass is 304 g/mol. The molecule has 0 aliphatic carbocycles. The summed E-state index contributed by atoms with van der Waals surface area (Å²) in [6, 6.07) is 3.93. The smallest absolute Gasteiger partial charge is 0.748 e. The molecule has 0 bridgehead atoms. The Bertz CT molecular complexity index is 436. The number of hydrogen-bond acceptors (Lipinski definition) is 3. The molecule has 0 spiro atoms. The van der Waals surface area contributed by atoms with Gasteiger partial charge in [0.05, 0.1) is 10.1 Å². The summed E-state index contributed by atoms with van der Waals surface area (Å²) in [5, 5.41) is 0. The molecule has 78 valence electrons. The van der Waals surface area contributed by atoms with Gasteiger partial charge in [-0.25, -0.2) is 12.8 Å². The third-order valence-electron chi connectivity index (χ3n) is 1.63. The second-order valence-electron chi connectivity index (χ2n) is 2.75. The van der Waals surface area contributed by atoms with E-state index in [2.05, 4.69) is 15.9 Å². The molecule has 0 saturated carbocycles. The molecule has 1 rings (SSSR count). The van der Waals surface area contributed by atoms with E-state index in [1.54, 1.807) is 0 Å². The van der Waals surface area contributed by atoms with Gasteiger partial charge in [0.1, 0.15) is 5.82 Å². The number of hydrogen-bond donors (Lipinski definition) is 0. The van der Waals surface area contributed by atoms with E-state index in [0.717, 1.165) is 0 Å². The van der Waals surface area contributed by atoms with Gasteiger partial charge in [-0.1, -0.05) is 15.9 Å². The third-order valence-corrected chi connectivity index (χ3v) is 3.11. The minimum Gasteiger partial charge on any atom is -0.748 e. The van der Waals surface area contributed by atoms with Crippen LogP contribution < -0.4 is 29.6 Å². The average molecular weight is 305 g/mol. The maximum absolute atomic E-state index is 12.7. The van der Waals surface area contributed by atoms with Gasteiger partial charge >= 0.3 is 29.6 Å². The van der Waals surface area contributed by atoms with Crippen LogP contribution in [0.1, 0.15) is 5.56 Å². The molecule has 0 amide bonds. The van der Waals surface area contributed by atoms with Crippen LogP contribution >= 0.6 is 15.9 Å². The predicted octanol–water partition coefficient (Wildman–Crippen LogP) is -1.32. The first kappa shape index (κ1) is 15.5. The Kier molecular flexibility index (Phi) is 6.55. The minimum absolute atomic E-state index is 0. The second-order valence-corrected chi connectivity index (χ2v) is 5.13. The zero-order chi connectivity index (χ0) is 10.8. The van der Waals surface area contributed by atoms with E-state index in [1.165, 1.54) is 18.2 Å². The van der Waals surface area contributed by atoms with Crippen LogP contribution in [0.5, 0.6) is 0 Å². The molecule has 0 heterocycles. The molecule has 0 aromatic heterocycles. The van der Waals surface area contributed by atoms with Crippen LogP contribution in [0.2, 0.25) is 0 Å². The Balaban J connectivity index is 0.00000196. The summed E-state index contributed by atoms with van der Waals surface area (Å²) in [5.41, 5.74) is 0.476. The number of rotatable bonds is 3. The molecule has 0 atom stereocenters. The Hall–Kier alpha value is 0.540. The zero-order valence-electron chi connectivity index (χ0n) is 8.04. The van der Waals surface area contributed by atoms with Crippen LogP contribution in [0.25, 0.3) is 0 Å². The molecule has 3 nitrogen and oxygen atoms in total. The van der Waals surface area contributed by atoms with E-state index >= 15 is 0 Å². The molecule has 0 aliphatic heterocycles. The Labute approximate surface area is 118 Å². The van der Waals surface area contributed by atoms with E-state index in [4.69, 9.17) is 0 Å². The summed E-state index contributed by atoms with van der Waals surface area (Å²) in [6.07, 6.45) is 0.0180. The summed E-state index contributed by atoms with van der Waals surface area (Å²) in [6.45, 7) is 0. The van der Waals surface area contributed by atoms with Crippen LogP contribution in [0.15, 0.2) is 22.7 Å². The summed E-state index contributed by atoms with van der Waals surface area (Å²) in [7, 11) is -4.25. The van der Waals surface area contributed by atoms with Crippen molar-refractivity contribution in [3.8, 4) is 0 Å². The maximum Gasteiger partial charge on any atom is 1.00 e. The first-order valence-electron chi connectivity index (χ1n) is 3.76. The standard InChI is InChI=1S/C8H8BrFO3S.Na/c9-8-2-1-7(10)5-6(8)3-4-14(11,12)13;/h1-2,5H,3-4H2,(H,11,12,13);/q;+1/p-1. The Morgan fingerprint density at radius 3 is 2.53 bits per heavy atom. The second kappa shape index (κ2) is 6.32. The molecular weight excluding hydrogens is 298 g/mol. The SMILES string of the molecule is O=S(=O)([O-])CCc1cc(F)ccc1Br.[Na+]. The van der Waals surface area contributed by atoms with Crippen molar-refractivity contribution in [3.63, 3.8) is 0 Å². The normalized spacial score (nSPS) is 10.9. The van der Waals surface area contributed by atoms with Crippen LogP contribution in [-0.2, 0) is 16.5 Å². The molecule has 1 aromatic carbocycles. The molecule has 0 saturated heterocycles. The third kappa shape index (κ3) is 5.99. The van der Waals surface area contributed by atoms with Gasteiger partial charge in [0.2, 0.25) is 0 Å². The quantitative estimate of drug-likeness (QED) is 0.514. The summed E-state index contributed by atoms with van der Waals surface area (Å²) in [4.78, 5) is 0. The van der Waals surface area contributed by atoms with Crippen LogP contribution in [0.4, 0.5) is 4.39 Å². The van der Waals surface area contributed by atoms with Gasteiger partial charge in [-0.3, -0.25) is 0 Å². The van der Waals surface area contributed by atoms with Crippen molar-refractivity contribution in [2.45, 2.75) is 6.42 Å². The van der Waals surface area contributed by atoms with E-state index in [1.807, 2.05) is 0 Å². The van der Waals surface area contributed by atoms with Gasteiger partial charge < -0.3 is 4.55 Å². The van der Waals surface area contributed by atoms with Gasteiger partial charge in [-0.05, 0) is 30.2 Å². The summed E-state index contributed by atoms with van der Waals surface area (Å²) >= 11 is 3.13. The van der Waals surface area contributed by atoms with E-state index in [-0.39, 0.29) is 36.0 Å². The molecule has 0 N–H and O–H groups in total. The molecule has 0 aliphatic rings. The summed E-state index contributed by atoms with van der Waals surface area (Å²) in [5.74, 6) is -0.971. The van der Waals surface area contributed by atoms with E-state index < -0.39 is 21.7 Å². The topological polar surface area (TPSA) is 57.2 Å². The van der Waals surface area contributed by atoms with Gasteiger partial charge in [0.15, 0.2) is 0 Å². The molecule has 0 radical (unpaired) electrons. The molecular formula is C8H7BrFNaO3S. The Morgan fingerprint density at radius 2 is 2.00 bits per heavy atom. The molecule has 0 unspecified atom stereocenters. The summed E-state index contributed by atoms with van der Waals surface area (Å²) < 4.78 is 44.3. The minimum atomic E-state index is -4.25. The maximum atomic E-state index is 12.7. The van der Waals surface area contributed by atoms with Crippen molar-refractivity contribution in [1.29, 1.82) is 0 Å². The first-order valence-corrected chi connectivity index (χ1v) is 6.13. The number of aryl methyl sites for hydroxylation is 1. The van der Waals surface area contributed by atoms with Crippen LogP contribution in [0, 0.1) is 5.82 Å². The van der Waals surface area contributed by atoms with E-state index in [9.17, 15) is 17.4 Å². The van der Waals surface area contributed by atoms with Crippen molar-refractivity contribution >= 4 is 26.0 Å². The van der Waals surface area contributed by atoms with Crippen molar-refractivity contribution in [3.05, 3.63) is 34.1 Å². The molecule has 0 fully saturated rings. The van der Waals surface area contributed by atoms with Gasteiger partial charge in [0.25, 0.3) is 0 Å². The van der Waals surface area contributed by atoms with Gasteiger partial charge in [-0.15, -0.1) is 0 Å². The van der Waals surface area contributed by atoms with Crippen molar-refractivity contribution in [2.75, 3.05) is 5.75 Å². The van der Waals surface area contributed by atoms with Crippen LogP contribution in [-0.4, -0.2) is 18.7 Å². The van der Waals surface area contributed by atoms with Crippen LogP contribution in [0.3, 0.4) is 0 Å². The zero-order valence-corrected chi connectivity index (χ0v) is 12.4. The van der Waals surface area contributed by atoms with Gasteiger partial charge in [0, 0.05) is 10.2 Å².